The lowest BCUT2D eigenvalue weighted by Crippen LogP contribution is -2.36. The van der Waals surface area contributed by atoms with Crippen LogP contribution < -0.4 is 5.32 Å². The van der Waals surface area contributed by atoms with Crippen molar-refractivity contribution in [2.24, 2.45) is 0 Å². The van der Waals surface area contributed by atoms with Gasteiger partial charge in [-0.15, -0.1) is 0 Å². The van der Waals surface area contributed by atoms with E-state index in [1.807, 2.05) is 18.2 Å². The van der Waals surface area contributed by atoms with Crippen molar-refractivity contribution in [3.05, 3.63) is 71.3 Å². The third-order valence-corrected chi connectivity index (χ3v) is 5.96. The molecule has 1 heterocycles. The molecule has 0 aromatic heterocycles. The number of nitrogens with zero attached hydrogens (tertiary/aromatic N) is 2. The third kappa shape index (κ3) is 5.91. The summed E-state index contributed by atoms with van der Waals surface area (Å²) >= 11 is 0. The molecular weight excluding hydrogens is 358 g/mol. The van der Waals surface area contributed by atoms with Crippen LogP contribution in [-0.4, -0.2) is 47.9 Å². The molecule has 1 saturated heterocycles. The molecular formula is C25H35N3O. The van der Waals surface area contributed by atoms with Crippen molar-refractivity contribution >= 4 is 5.91 Å². The highest BCUT2D eigenvalue weighted by molar-refractivity contribution is 5.94. The van der Waals surface area contributed by atoms with Crippen LogP contribution in [0.2, 0.25) is 0 Å². The Bertz CT molecular complexity index is 751. The smallest absolute Gasteiger partial charge is 0.251 e. The van der Waals surface area contributed by atoms with Crippen LogP contribution in [0.4, 0.5) is 0 Å². The maximum Gasteiger partial charge on any atom is 0.251 e. The maximum absolute atomic E-state index is 12.8. The first kappa shape index (κ1) is 21.5. The van der Waals surface area contributed by atoms with Crippen molar-refractivity contribution in [2.75, 3.05) is 26.2 Å². The SMILES string of the molecule is CCN(Cc1ccc(C(=O)NCC(c2ccccc2)N2CCCC2)cc1)C(C)C. The number of likely N-dealkylation sites (tertiary alicyclic amines) is 1. The van der Waals surface area contributed by atoms with Crippen molar-refractivity contribution < 1.29 is 4.79 Å². The second kappa shape index (κ2) is 10.6. The van der Waals surface area contributed by atoms with E-state index in [4.69, 9.17) is 0 Å². The zero-order valence-corrected chi connectivity index (χ0v) is 18.1. The Balaban J connectivity index is 1.61. The Labute approximate surface area is 175 Å². The molecule has 2 aromatic carbocycles. The largest absolute Gasteiger partial charge is 0.350 e. The van der Waals surface area contributed by atoms with Crippen molar-refractivity contribution in [3.8, 4) is 0 Å². The Kier molecular flexibility index (Phi) is 7.84. The standard InChI is InChI=1S/C25H35N3O/c1-4-27(20(2)3)19-21-12-14-23(15-13-21)25(29)26-18-24(28-16-8-9-17-28)22-10-6-5-7-11-22/h5-7,10-15,20,24H,4,8-9,16-19H2,1-3H3,(H,26,29). The van der Waals surface area contributed by atoms with E-state index in [1.165, 1.54) is 24.0 Å². The molecule has 0 radical (unpaired) electrons. The van der Waals surface area contributed by atoms with Crippen LogP contribution in [0.1, 0.15) is 61.1 Å². The van der Waals surface area contributed by atoms with Crippen molar-refractivity contribution in [2.45, 2.75) is 52.2 Å². The molecule has 29 heavy (non-hydrogen) atoms. The quantitative estimate of drug-likeness (QED) is 0.682. The van der Waals surface area contributed by atoms with Crippen LogP contribution in [0.25, 0.3) is 0 Å². The van der Waals surface area contributed by atoms with Crippen LogP contribution in [0.15, 0.2) is 54.6 Å². The highest BCUT2D eigenvalue weighted by atomic mass is 16.1. The normalized spacial score (nSPS) is 15.8. The van der Waals surface area contributed by atoms with Gasteiger partial charge in [0, 0.05) is 24.7 Å². The summed E-state index contributed by atoms with van der Waals surface area (Å²) in [5.74, 6) is 0.00730. The summed E-state index contributed by atoms with van der Waals surface area (Å²) in [5.41, 5.74) is 3.25. The molecule has 1 atom stereocenters. The lowest BCUT2D eigenvalue weighted by molar-refractivity contribution is 0.0938. The minimum atomic E-state index is 0.00730. The summed E-state index contributed by atoms with van der Waals surface area (Å²) in [4.78, 5) is 17.7. The van der Waals surface area contributed by atoms with Crippen molar-refractivity contribution in [1.82, 2.24) is 15.1 Å². The average Bonchev–Trinajstić information content (AvgIpc) is 3.27. The van der Waals surface area contributed by atoms with Gasteiger partial charge in [-0.1, -0.05) is 49.4 Å². The summed E-state index contributed by atoms with van der Waals surface area (Å²) in [6.45, 7) is 11.4. The highest BCUT2D eigenvalue weighted by Crippen LogP contribution is 2.24. The predicted octanol–water partition coefficient (Wildman–Crippen LogP) is 4.48. The van der Waals surface area contributed by atoms with Gasteiger partial charge in [0.25, 0.3) is 5.91 Å². The Morgan fingerprint density at radius 1 is 1.03 bits per heavy atom. The van der Waals surface area contributed by atoms with Gasteiger partial charge < -0.3 is 5.32 Å². The second-order valence-corrected chi connectivity index (χ2v) is 8.23. The van der Waals surface area contributed by atoms with Gasteiger partial charge in [0.15, 0.2) is 0 Å². The first-order valence-electron chi connectivity index (χ1n) is 11.0. The molecule has 0 aliphatic carbocycles. The third-order valence-electron chi connectivity index (χ3n) is 5.96. The number of carbonyl (C=O) groups excluding carboxylic acids is 1. The van der Waals surface area contributed by atoms with Crippen LogP contribution in [0.3, 0.4) is 0 Å². The van der Waals surface area contributed by atoms with Crippen molar-refractivity contribution in [1.29, 1.82) is 0 Å². The number of carbonyl (C=O) groups is 1. The van der Waals surface area contributed by atoms with Gasteiger partial charge in [-0.2, -0.15) is 0 Å². The molecule has 4 nitrogen and oxygen atoms in total. The fourth-order valence-electron chi connectivity index (χ4n) is 4.13. The predicted molar refractivity (Wildman–Crippen MR) is 120 cm³/mol. The van der Waals surface area contributed by atoms with Crippen LogP contribution in [0, 0.1) is 0 Å². The molecule has 1 fully saturated rings. The fourth-order valence-corrected chi connectivity index (χ4v) is 4.13. The van der Waals surface area contributed by atoms with Crippen LogP contribution in [-0.2, 0) is 6.54 Å². The minimum absolute atomic E-state index is 0.00730. The molecule has 1 amide bonds. The number of hydrogen-bond donors (Lipinski definition) is 1. The van der Waals surface area contributed by atoms with Gasteiger partial charge in [0.05, 0.1) is 6.04 Å². The van der Waals surface area contributed by atoms with Gasteiger partial charge in [0.1, 0.15) is 0 Å². The first-order chi connectivity index (χ1) is 14.1. The van der Waals surface area contributed by atoms with Gasteiger partial charge in [0.2, 0.25) is 0 Å². The lowest BCUT2D eigenvalue weighted by Gasteiger charge is -2.28. The Morgan fingerprint density at radius 2 is 1.69 bits per heavy atom. The number of rotatable bonds is 9. The molecule has 4 heteroatoms. The summed E-state index contributed by atoms with van der Waals surface area (Å²) in [6.07, 6.45) is 2.48. The van der Waals surface area contributed by atoms with Gasteiger partial charge >= 0.3 is 0 Å². The first-order valence-corrected chi connectivity index (χ1v) is 11.0. The van der Waals surface area contributed by atoms with E-state index in [9.17, 15) is 4.79 Å². The molecule has 0 spiro atoms. The molecule has 3 rings (SSSR count). The van der Waals surface area contributed by atoms with Gasteiger partial charge in [-0.3, -0.25) is 14.6 Å². The van der Waals surface area contributed by atoms with E-state index in [0.29, 0.717) is 12.6 Å². The fraction of sp³-hybridized carbons (Fsp3) is 0.480. The highest BCUT2D eigenvalue weighted by Gasteiger charge is 2.24. The zero-order valence-electron chi connectivity index (χ0n) is 18.1. The van der Waals surface area contributed by atoms with E-state index in [-0.39, 0.29) is 11.9 Å². The van der Waals surface area contributed by atoms with E-state index in [0.717, 1.165) is 31.7 Å². The molecule has 1 N–H and O–H groups in total. The van der Waals surface area contributed by atoms with Crippen LogP contribution in [0.5, 0.6) is 0 Å². The summed E-state index contributed by atoms with van der Waals surface area (Å²) in [6, 6.07) is 19.4. The van der Waals surface area contributed by atoms with E-state index in [1.54, 1.807) is 0 Å². The minimum Gasteiger partial charge on any atom is -0.350 e. The van der Waals surface area contributed by atoms with Gasteiger partial charge in [-0.25, -0.2) is 0 Å². The molecule has 156 valence electrons. The average molecular weight is 394 g/mol. The monoisotopic (exact) mass is 393 g/mol. The molecule has 1 aliphatic rings. The second-order valence-electron chi connectivity index (χ2n) is 8.23. The Hall–Kier alpha value is -2.17. The molecule has 0 bridgehead atoms. The van der Waals surface area contributed by atoms with Crippen molar-refractivity contribution in [3.63, 3.8) is 0 Å². The van der Waals surface area contributed by atoms with Gasteiger partial charge in [-0.05, 0) is 69.6 Å². The van der Waals surface area contributed by atoms with E-state index < -0.39 is 0 Å². The summed E-state index contributed by atoms with van der Waals surface area (Å²) in [5, 5.41) is 3.17. The van der Waals surface area contributed by atoms with E-state index >= 15 is 0 Å². The number of benzene rings is 2. The molecule has 0 saturated carbocycles. The number of amides is 1. The summed E-state index contributed by atoms with van der Waals surface area (Å²) < 4.78 is 0. The summed E-state index contributed by atoms with van der Waals surface area (Å²) in [7, 11) is 0. The molecule has 1 aliphatic heterocycles. The maximum atomic E-state index is 12.8. The molecule has 1 unspecified atom stereocenters. The Morgan fingerprint density at radius 3 is 2.28 bits per heavy atom. The van der Waals surface area contributed by atoms with Crippen LogP contribution >= 0.6 is 0 Å². The topological polar surface area (TPSA) is 35.6 Å². The number of hydrogen-bond acceptors (Lipinski definition) is 3. The number of nitrogens with one attached hydrogen (secondary N) is 1. The zero-order chi connectivity index (χ0) is 20.6. The lowest BCUT2D eigenvalue weighted by atomic mass is 10.1. The molecule has 2 aromatic rings. The van der Waals surface area contributed by atoms with E-state index in [2.05, 4.69) is 72.3 Å².